The van der Waals surface area contributed by atoms with Gasteiger partial charge in [-0.25, -0.2) is 9.97 Å². The highest BCUT2D eigenvalue weighted by molar-refractivity contribution is 6.05. The SMILES string of the molecule is Cn1ccc2cnc(Nc3ccc(C4CCN(c5ccc(CN6CCC(O)(c7ccc8c(c7)CN(C7CCC(=O)NC7=O)C8=O)CC6)cc5)CC4)cn3)nc21. The minimum Gasteiger partial charge on any atom is -0.385 e. The maximum Gasteiger partial charge on any atom is 0.255 e. The van der Waals surface area contributed by atoms with Gasteiger partial charge in [0, 0.05) is 88.0 Å². The molecule has 9 rings (SSSR count). The van der Waals surface area contributed by atoms with Crippen LogP contribution in [0.5, 0.6) is 0 Å². The number of hydrogen-bond donors (Lipinski definition) is 3. The lowest BCUT2D eigenvalue weighted by Crippen LogP contribution is -2.52. The second-order valence-corrected chi connectivity index (χ2v) is 15.5. The lowest BCUT2D eigenvalue weighted by Gasteiger charge is -2.39. The van der Waals surface area contributed by atoms with Gasteiger partial charge in [0.05, 0.1) is 5.60 Å². The van der Waals surface area contributed by atoms with Gasteiger partial charge in [-0.15, -0.1) is 0 Å². The minimum atomic E-state index is -0.978. The zero-order valence-corrected chi connectivity index (χ0v) is 30.9. The lowest BCUT2D eigenvalue weighted by atomic mass is 9.83. The fourth-order valence-corrected chi connectivity index (χ4v) is 8.72. The van der Waals surface area contributed by atoms with Crippen LogP contribution in [-0.2, 0) is 35.3 Å². The number of nitrogens with zero attached hydrogens (tertiary/aromatic N) is 7. The van der Waals surface area contributed by atoms with Gasteiger partial charge in [0.15, 0.2) is 0 Å². The minimum absolute atomic E-state index is 0.199. The molecule has 13 heteroatoms. The van der Waals surface area contributed by atoms with Crippen molar-refractivity contribution in [2.24, 2.45) is 7.05 Å². The summed E-state index contributed by atoms with van der Waals surface area (Å²) in [7, 11) is 1.97. The van der Waals surface area contributed by atoms with Gasteiger partial charge in [-0.2, -0.15) is 4.98 Å². The molecule has 3 fully saturated rings. The van der Waals surface area contributed by atoms with E-state index < -0.39 is 17.6 Å². The van der Waals surface area contributed by atoms with Gasteiger partial charge in [0.1, 0.15) is 17.5 Å². The van der Waals surface area contributed by atoms with Crippen LogP contribution in [0, 0.1) is 0 Å². The number of imide groups is 1. The van der Waals surface area contributed by atoms with Crippen LogP contribution in [0.15, 0.2) is 79.3 Å². The molecule has 13 nitrogen and oxygen atoms in total. The van der Waals surface area contributed by atoms with E-state index in [0.29, 0.717) is 43.2 Å². The van der Waals surface area contributed by atoms with E-state index >= 15 is 0 Å². The molecule has 4 aliphatic rings. The van der Waals surface area contributed by atoms with Crippen LogP contribution in [0.4, 0.5) is 17.5 Å². The molecule has 3 saturated heterocycles. The van der Waals surface area contributed by atoms with Gasteiger partial charge in [-0.05, 0) is 90.6 Å². The van der Waals surface area contributed by atoms with E-state index in [1.165, 1.54) is 16.8 Å². The van der Waals surface area contributed by atoms with Crippen molar-refractivity contribution >= 4 is 46.2 Å². The Morgan fingerprint density at radius 3 is 2.45 bits per heavy atom. The molecule has 2 aromatic carbocycles. The van der Waals surface area contributed by atoms with Crippen molar-refractivity contribution in [3.63, 3.8) is 0 Å². The van der Waals surface area contributed by atoms with Crippen molar-refractivity contribution in [2.45, 2.75) is 69.2 Å². The molecule has 282 valence electrons. The zero-order valence-electron chi connectivity index (χ0n) is 30.9. The molecule has 5 aromatic rings. The number of carbonyl (C=O) groups excluding carboxylic acids is 3. The number of likely N-dealkylation sites (tertiary alicyclic amines) is 1. The van der Waals surface area contributed by atoms with E-state index in [0.717, 1.165) is 73.5 Å². The van der Waals surface area contributed by atoms with E-state index in [1.54, 1.807) is 11.0 Å². The first-order valence-corrected chi connectivity index (χ1v) is 19.3. The average molecular weight is 740 g/mol. The van der Waals surface area contributed by atoms with Crippen LogP contribution < -0.4 is 15.5 Å². The van der Waals surface area contributed by atoms with Crippen LogP contribution in [0.25, 0.3) is 11.0 Å². The molecule has 0 aliphatic carbocycles. The molecule has 0 radical (unpaired) electrons. The van der Waals surface area contributed by atoms with Gasteiger partial charge < -0.3 is 24.8 Å². The largest absolute Gasteiger partial charge is 0.385 e. The van der Waals surface area contributed by atoms with Gasteiger partial charge in [0.2, 0.25) is 17.8 Å². The van der Waals surface area contributed by atoms with Gasteiger partial charge in [0.25, 0.3) is 5.91 Å². The Morgan fingerprint density at radius 2 is 1.71 bits per heavy atom. The molecule has 55 heavy (non-hydrogen) atoms. The number of piperidine rings is 3. The quantitative estimate of drug-likeness (QED) is 0.191. The third kappa shape index (κ3) is 6.94. The van der Waals surface area contributed by atoms with E-state index in [1.807, 2.05) is 54.5 Å². The Labute approximate surface area is 319 Å². The monoisotopic (exact) mass is 739 g/mol. The summed E-state index contributed by atoms with van der Waals surface area (Å²) in [5, 5.41) is 18.3. The first-order valence-electron chi connectivity index (χ1n) is 19.3. The van der Waals surface area contributed by atoms with E-state index in [-0.39, 0.29) is 18.2 Å². The van der Waals surface area contributed by atoms with E-state index in [4.69, 9.17) is 0 Å². The van der Waals surface area contributed by atoms with Crippen LogP contribution in [0.1, 0.15) is 77.1 Å². The van der Waals surface area contributed by atoms with Crippen molar-refractivity contribution < 1.29 is 19.5 Å². The normalized spacial score (nSPS) is 20.5. The molecule has 7 heterocycles. The highest BCUT2D eigenvalue weighted by Crippen LogP contribution is 2.37. The number of aromatic nitrogens is 4. The first-order chi connectivity index (χ1) is 26.7. The molecule has 1 atom stereocenters. The molecule has 0 bridgehead atoms. The molecular weight excluding hydrogens is 695 g/mol. The summed E-state index contributed by atoms with van der Waals surface area (Å²) in [5.74, 6) is 0.817. The van der Waals surface area contributed by atoms with Crippen molar-refractivity contribution in [3.05, 3.63) is 107 Å². The van der Waals surface area contributed by atoms with Crippen molar-refractivity contribution in [2.75, 3.05) is 36.4 Å². The number of benzene rings is 2. The summed E-state index contributed by atoms with van der Waals surface area (Å²) in [6.45, 7) is 4.62. The second-order valence-electron chi connectivity index (χ2n) is 15.5. The van der Waals surface area contributed by atoms with Gasteiger partial charge in [-0.1, -0.05) is 30.3 Å². The predicted molar refractivity (Wildman–Crippen MR) is 208 cm³/mol. The molecule has 3 amide bonds. The van der Waals surface area contributed by atoms with E-state index in [9.17, 15) is 19.5 Å². The molecule has 0 spiro atoms. The molecule has 4 aliphatic heterocycles. The van der Waals surface area contributed by atoms with E-state index in [2.05, 4.69) is 65.7 Å². The number of anilines is 3. The lowest BCUT2D eigenvalue weighted by molar-refractivity contribution is -0.136. The third-order valence-electron chi connectivity index (χ3n) is 12.1. The van der Waals surface area contributed by atoms with Gasteiger partial charge in [-0.3, -0.25) is 24.6 Å². The highest BCUT2D eigenvalue weighted by Gasteiger charge is 2.41. The Kier molecular flexibility index (Phi) is 9.05. The average Bonchev–Trinajstić information content (AvgIpc) is 3.74. The third-order valence-corrected chi connectivity index (χ3v) is 12.1. The van der Waals surface area contributed by atoms with Gasteiger partial charge >= 0.3 is 0 Å². The number of fused-ring (bicyclic) bond motifs is 2. The summed E-state index contributed by atoms with van der Waals surface area (Å²) in [5.41, 5.74) is 5.85. The standard InChI is InChI=1S/C42H45N9O4/c1-48-17-12-30-24-44-41(47-38(30)48)45-36-10-4-29(23-43-36)28-13-18-50(19-14-28)33-6-2-27(3-7-33)25-49-20-15-42(55,16-21-49)32-5-8-34-31(22-32)26-51(40(34)54)35-9-11-37(52)46-39(35)53/h2-8,10,12,17,22-24,28,35,55H,9,11,13-16,18-21,25-26H2,1H3,(H,46,52,53)(H,43,44,45,47). The van der Waals surface area contributed by atoms with Crippen LogP contribution in [0.3, 0.4) is 0 Å². The van der Waals surface area contributed by atoms with Crippen LogP contribution >= 0.6 is 0 Å². The summed E-state index contributed by atoms with van der Waals surface area (Å²) in [4.78, 5) is 57.3. The number of amides is 3. The molecule has 3 N–H and O–H groups in total. The summed E-state index contributed by atoms with van der Waals surface area (Å²) in [6.07, 6.45) is 9.65. The maximum absolute atomic E-state index is 13.1. The summed E-state index contributed by atoms with van der Waals surface area (Å²) < 4.78 is 1.98. The highest BCUT2D eigenvalue weighted by atomic mass is 16.3. The number of aryl methyl sites for hydroxylation is 1. The van der Waals surface area contributed by atoms with Crippen molar-refractivity contribution in [1.29, 1.82) is 0 Å². The second kappa shape index (κ2) is 14.2. The smallest absolute Gasteiger partial charge is 0.255 e. The number of carbonyl (C=O) groups is 3. The molecular formula is C42H45N9O4. The number of rotatable bonds is 8. The number of nitrogens with one attached hydrogen (secondary N) is 2. The van der Waals surface area contributed by atoms with Crippen molar-refractivity contribution in [3.8, 4) is 0 Å². The maximum atomic E-state index is 13.1. The first kappa shape index (κ1) is 35.1. The number of hydrogen-bond acceptors (Lipinski definition) is 10. The Hall–Kier alpha value is -5.66. The molecule has 0 saturated carbocycles. The topological polar surface area (TPSA) is 149 Å². The summed E-state index contributed by atoms with van der Waals surface area (Å²) in [6, 6.07) is 20.0. The van der Waals surface area contributed by atoms with Crippen LogP contribution in [-0.4, -0.2) is 84.4 Å². The Balaban J connectivity index is 0.748. The number of aliphatic hydroxyl groups is 1. The fraction of sp³-hybridized carbons (Fsp3) is 0.381. The van der Waals surface area contributed by atoms with Crippen LogP contribution in [0.2, 0.25) is 0 Å². The molecule has 3 aromatic heterocycles. The summed E-state index contributed by atoms with van der Waals surface area (Å²) >= 11 is 0. The Bertz CT molecular complexity index is 2260. The Morgan fingerprint density at radius 1 is 0.909 bits per heavy atom. The molecule has 1 unspecified atom stereocenters. The number of pyridine rings is 1. The predicted octanol–water partition coefficient (Wildman–Crippen LogP) is 4.74. The zero-order chi connectivity index (χ0) is 37.7. The fourth-order valence-electron chi connectivity index (χ4n) is 8.72. The van der Waals surface area contributed by atoms with Crippen molar-refractivity contribution in [1.82, 2.24) is 34.6 Å².